The van der Waals surface area contributed by atoms with E-state index in [-0.39, 0.29) is 5.91 Å². The fourth-order valence-corrected chi connectivity index (χ4v) is 3.12. The molecule has 1 aromatic heterocycles. The van der Waals surface area contributed by atoms with Crippen LogP contribution in [0.3, 0.4) is 0 Å². The lowest BCUT2D eigenvalue weighted by molar-refractivity contribution is 0.0951. The minimum absolute atomic E-state index is 0.0941. The predicted octanol–water partition coefficient (Wildman–Crippen LogP) is 4.34. The van der Waals surface area contributed by atoms with Crippen LogP contribution in [0.25, 0.3) is 0 Å². The molecule has 0 aliphatic rings. The summed E-state index contributed by atoms with van der Waals surface area (Å²) in [5.74, 6) is -0.0941. The molecule has 122 valence electrons. The predicted molar refractivity (Wildman–Crippen MR) is 98.5 cm³/mol. The van der Waals surface area contributed by atoms with Gasteiger partial charge in [-0.3, -0.25) is 4.79 Å². The molecule has 4 nitrogen and oxygen atoms in total. The first-order valence-electron chi connectivity index (χ1n) is 7.47. The van der Waals surface area contributed by atoms with Crippen molar-refractivity contribution in [3.05, 3.63) is 81.3 Å². The number of carbonyl (C=O) groups is 1. The quantitative estimate of drug-likeness (QED) is 0.690. The summed E-state index contributed by atoms with van der Waals surface area (Å²) in [6, 6.07) is 17.3. The number of hydrogen-bond acceptors (Lipinski definition) is 4. The largest absolute Gasteiger partial charge is 0.380 e. The summed E-state index contributed by atoms with van der Waals surface area (Å²) in [5, 5.41) is 6.20. The van der Waals surface area contributed by atoms with Crippen molar-refractivity contribution >= 4 is 34.5 Å². The smallest absolute Gasteiger partial charge is 0.251 e. The van der Waals surface area contributed by atoms with Gasteiger partial charge in [0.25, 0.3) is 5.91 Å². The molecule has 0 saturated heterocycles. The lowest BCUT2D eigenvalue weighted by Gasteiger charge is -2.08. The molecule has 3 aromatic rings. The third-order valence-electron chi connectivity index (χ3n) is 3.41. The number of nitrogens with one attached hydrogen (secondary N) is 2. The van der Waals surface area contributed by atoms with Crippen LogP contribution in [0.15, 0.2) is 60.8 Å². The van der Waals surface area contributed by atoms with E-state index in [9.17, 15) is 4.79 Å². The van der Waals surface area contributed by atoms with Crippen molar-refractivity contribution in [2.45, 2.75) is 13.1 Å². The maximum Gasteiger partial charge on any atom is 0.251 e. The van der Waals surface area contributed by atoms with Crippen molar-refractivity contribution in [2.24, 2.45) is 0 Å². The van der Waals surface area contributed by atoms with E-state index in [1.165, 1.54) is 11.3 Å². The van der Waals surface area contributed by atoms with Gasteiger partial charge in [-0.2, -0.15) is 0 Å². The van der Waals surface area contributed by atoms with Gasteiger partial charge in [0, 0.05) is 28.9 Å². The maximum absolute atomic E-state index is 12.3. The molecule has 0 aliphatic carbocycles. The van der Waals surface area contributed by atoms with Crippen LogP contribution in [0.4, 0.5) is 5.69 Å². The van der Waals surface area contributed by atoms with Crippen LogP contribution in [0.1, 0.15) is 20.8 Å². The van der Waals surface area contributed by atoms with Gasteiger partial charge in [-0.1, -0.05) is 48.0 Å². The first-order chi connectivity index (χ1) is 11.7. The van der Waals surface area contributed by atoms with Crippen molar-refractivity contribution in [3.63, 3.8) is 0 Å². The molecule has 0 aliphatic heterocycles. The van der Waals surface area contributed by atoms with Crippen LogP contribution in [-0.4, -0.2) is 10.9 Å². The highest BCUT2D eigenvalue weighted by Crippen LogP contribution is 2.19. The van der Waals surface area contributed by atoms with Gasteiger partial charge in [0.15, 0.2) is 4.47 Å². The number of rotatable bonds is 6. The second-order valence-electron chi connectivity index (χ2n) is 5.18. The Kier molecular flexibility index (Phi) is 5.46. The normalized spacial score (nSPS) is 10.4. The molecule has 0 radical (unpaired) electrons. The second kappa shape index (κ2) is 7.95. The fraction of sp³-hybridized carbons (Fsp3) is 0.111. The minimum atomic E-state index is -0.0941. The molecule has 6 heteroatoms. The van der Waals surface area contributed by atoms with E-state index in [4.69, 9.17) is 11.6 Å². The molecular weight excluding hydrogens is 342 g/mol. The van der Waals surface area contributed by atoms with Crippen molar-refractivity contribution < 1.29 is 4.79 Å². The lowest BCUT2D eigenvalue weighted by atomic mass is 10.1. The molecule has 2 N–H and O–H groups in total. The highest BCUT2D eigenvalue weighted by molar-refractivity contribution is 7.15. The first-order valence-corrected chi connectivity index (χ1v) is 8.66. The summed E-state index contributed by atoms with van der Waals surface area (Å²) in [6.45, 7) is 1.14. The van der Waals surface area contributed by atoms with Gasteiger partial charge in [-0.05, 0) is 23.8 Å². The van der Waals surface area contributed by atoms with Crippen molar-refractivity contribution in [3.8, 4) is 0 Å². The molecule has 0 spiro atoms. The molecule has 24 heavy (non-hydrogen) atoms. The lowest BCUT2D eigenvalue weighted by Crippen LogP contribution is -2.22. The van der Waals surface area contributed by atoms with Crippen LogP contribution in [0, 0.1) is 0 Å². The van der Waals surface area contributed by atoms with E-state index in [1.54, 1.807) is 12.3 Å². The molecule has 0 atom stereocenters. The Labute approximate surface area is 149 Å². The molecule has 0 bridgehead atoms. The molecule has 1 heterocycles. The minimum Gasteiger partial charge on any atom is -0.380 e. The Balaban J connectivity index is 1.58. The van der Waals surface area contributed by atoms with E-state index >= 15 is 0 Å². The number of halogens is 1. The maximum atomic E-state index is 12.3. The van der Waals surface area contributed by atoms with E-state index in [0.717, 1.165) is 16.1 Å². The average molecular weight is 358 g/mol. The highest BCUT2D eigenvalue weighted by atomic mass is 35.5. The number of amides is 1. The van der Waals surface area contributed by atoms with Gasteiger partial charge >= 0.3 is 0 Å². The number of anilines is 1. The SMILES string of the molecule is O=C(NCc1ccccc1)c1cccc(NCc2cnc(Cl)s2)c1. The number of aromatic nitrogens is 1. The van der Waals surface area contributed by atoms with Gasteiger partial charge in [-0.25, -0.2) is 4.98 Å². The third kappa shape index (κ3) is 4.57. The van der Waals surface area contributed by atoms with Crippen LogP contribution in [-0.2, 0) is 13.1 Å². The number of benzene rings is 2. The van der Waals surface area contributed by atoms with Crippen molar-refractivity contribution in [1.29, 1.82) is 0 Å². The van der Waals surface area contributed by atoms with Crippen molar-refractivity contribution in [1.82, 2.24) is 10.3 Å². The zero-order chi connectivity index (χ0) is 16.8. The Hall–Kier alpha value is -2.37. The molecule has 0 saturated carbocycles. The average Bonchev–Trinajstić information content (AvgIpc) is 3.04. The first kappa shape index (κ1) is 16.5. The molecule has 0 fully saturated rings. The number of carbonyl (C=O) groups excluding carboxylic acids is 1. The fourth-order valence-electron chi connectivity index (χ4n) is 2.21. The standard InChI is InChI=1S/C18H16ClN3OS/c19-18-22-12-16(24-18)11-20-15-8-4-7-14(9-15)17(23)21-10-13-5-2-1-3-6-13/h1-9,12,20H,10-11H2,(H,21,23). The van der Waals surface area contributed by atoms with Crippen molar-refractivity contribution in [2.75, 3.05) is 5.32 Å². The van der Waals surface area contributed by atoms with Crippen LogP contribution < -0.4 is 10.6 Å². The summed E-state index contributed by atoms with van der Waals surface area (Å²) in [4.78, 5) is 17.3. The summed E-state index contributed by atoms with van der Waals surface area (Å²) in [6.07, 6.45) is 1.75. The summed E-state index contributed by atoms with van der Waals surface area (Å²) >= 11 is 7.26. The van der Waals surface area contributed by atoms with E-state index in [2.05, 4.69) is 15.6 Å². The Morgan fingerprint density at radius 2 is 1.92 bits per heavy atom. The number of nitrogens with zero attached hydrogens (tertiary/aromatic N) is 1. The van der Waals surface area contributed by atoms with Crippen LogP contribution in [0.2, 0.25) is 4.47 Å². The van der Waals surface area contributed by atoms with E-state index < -0.39 is 0 Å². The Morgan fingerprint density at radius 1 is 1.08 bits per heavy atom. The summed E-state index contributed by atoms with van der Waals surface area (Å²) < 4.78 is 0.529. The van der Waals surface area contributed by atoms with Gasteiger partial charge < -0.3 is 10.6 Å². The number of hydrogen-bond donors (Lipinski definition) is 2. The van der Waals surface area contributed by atoms with Crippen LogP contribution >= 0.6 is 22.9 Å². The van der Waals surface area contributed by atoms with Gasteiger partial charge in [0.2, 0.25) is 0 Å². The molecular formula is C18H16ClN3OS. The van der Waals surface area contributed by atoms with Crippen LogP contribution in [0.5, 0.6) is 0 Å². The number of thiazole rings is 1. The second-order valence-corrected chi connectivity index (χ2v) is 6.88. The van der Waals surface area contributed by atoms with Gasteiger partial charge in [-0.15, -0.1) is 11.3 Å². The Bertz CT molecular complexity index is 820. The molecule has 3 rings (SSSR count). The monoisotopic (exact) mass is 357 g/mol. The zero-order valence-electron chi connectivity index (χ0n) is 12.8. The molecule has 1 amide bonds. The van der Waals surface area contributed by atoms with Gasteiger partial charge in [0.1, 0.15) is 0 Å². The third-order valence-corrected chi connectivity index (χ3v) is 4.53. The molecule has 2 aromatic carbocycles. The highest BCUT2D eigenvalue weighted by Gasteiger charge is 2.06. The molecule has 0 unspecified atom stereocenters. The Morgan fingerprint density at radius 3 is 2.67 bits per heavy atom. The summed E-state index contributed by atoms with van der Waals surface area (Å²) in [5.41, 5.74) is 2.58. The zero-order valence-corrected chi connectivity index (χ0v) is 14.4. The van der Waals surface area contributed by atoms with E-state index in [1.807, 2.05) is 48.5 Å². The summed E-state index contributed by atoms with van der Waals surface area (Å²) in [7, 11) is 0. The van der Waals surface area contributed by atoms with Gasteiger partial charge in [0.05, 0.1) is 6.54 Å². The van der Waals surface area contributed by atoms with E-state index in [0.29, 0.717) is 23.1 Å². The topological polar surface area (TPSA) is 54.0 Å².